The van der Waals surface area contributed by atoms with Crippen molar-refractivity contribution in [1.82, 2.24) is 0 Å². The van der Waals surface area contributed by atoms with Gasteiger partial charge in [-0.2, -0.15) is 0 Å². The number of hydrogen-bond acceptors (Lipinski definition) is 35. The summed E-state index contributed by atoms with van der Waals surface area (Å²) in [6.45, 7) is 3.20. The maximum absolute atomic E-state index is 12.2. The molecule has 11 aliphatic rings. The molecule has 0 aromatic carbocycles. The second kappa shape index (κ2) is 31.2. The SMILES string of the molecule is C[C@H](CC[C@]1(O)O[C@H]2C[C@@H]3[C@H]4CC[C@@H]5C[C@H](O[C@H]6O[C@@H](CO)[C@H](O)[C@@H](O[C@H]7O[C@@H](CO)[C@H](O[C@H]8O[C@@H](CO)[C@H](O)[C@@H](O[C@H]9O[C@@H](CO)[C@H](O)[C@@H](O)[C@@H]9O)[C@@H]8O[C@H]8O[C@@H](CO)[C@H](O)[C@@H](O)[C@@H]8O)[C@@H](O)[C@@H]7O)[C@@H]6O)[C@@H](O)C[C@]5(C)[C@@H]4CC[C@]3(C)[C@H]2[C@@H]1C)CO[C@H]1O[C@@H](CO)[C@H](O)[C@@H](O)[C@@H]1O. The number of rotatable bonds is 22. The first kappa shape index (κ1) is 77.7. The van der Waals surface area contributed by atoms with E-state index in [-0.39, 0.29) is 65.0 Å². The normalized spacial score (nSPS) is 55.5. The molecule has 35 heteroatoms. The molecule has 4 aliphatic carbocycles. The first-order chi connectivity index (χ1) is 46.4. The summed E-state index contributed by atoms with van der Waals surface area (Å²) < 4.78 is 77.3. The number of hydrogen-bond donors (Lipinski definition) is 22. The van der Waals surface area contributed by atoms with Gasteiger partial charge in [0.25, 0.3) is 0 Å². The third-order valence-corrected chi connectivity index (χ3v) is 24.4. The first-order valence-corrected chi connectivity index (χ1v) is 34.5. The molecule has 11 rings (SSSR count). The largest absolute Gasteiger partial charge is 0.394 e. The molecule has 0 spiro atoms. The van der Waals surface area contributed by atoms with E-state index in [4.69, 9.17) is 61.6 Å². The van der Waals surface area contributed by atoms with Crippen LogP contribution < -0.4 is 0 Å². The van der Waals surface area contributed by atoms with Gasteiger partial charge in [0, 0.05) is 12.3 Å². The van der Waals surface area contributed by atoms with Crippen LogP contribution in [0.1, 0.15) is 85.5 Å². The van der Waals surface area contributed by atoms with Gasteiger partial charge in [0.1, 0.15) is 146 Å². The lowest BCUT2D eigenvalue weighted by Gasteiger charge is -2.62. The fourth-order valence-electron chi connectivity index (χ4n) is 18.6. The fourth-order valence-corrected chi connectivity index (χ4v) is 18.6. The van der Waals surface area contributed by atoms with Crippen molar-refractivity contribution in [3.05, 3.63) is 0 Å². The molecule has 43 atom stereocenters. The molecule has 0 bridgehead atoms. The van der Waals surface area contributed by atoms with Crippen molar-refractivity contribution in [3.63, 3.8) is 0 Å². The highest BCUT2D eigenvalue weighted by molar-refractivity contribution is 5.16. The quantitative estimate of drug-likeness (QED) is 0.0448. The second-order valence-corrected chi connectivity index (χ2v) is 30.0. The Labute approximate surface area is 564 Å². The van der Waals surface area contributed by atoms with Gasteiger partial charge in [-0.15, -0.1) is 0 Å². The fraction of sp³-hybridized carbons (Fsp3) is 1.00. The third kappa shape index (κ3) is 14.3. The van der Waals surface area contributed by atoms with Crippen LogP contribution in [-0.4, -0.2) is 367 Å². The van der Waals surface area contributed by atoms with Crippen molar-refractivity contribution in [3.8, 4) is 0 Å². The van der Waals surface area contributed by atoms with Gasteiger partial charge in [-0.25, -0.2) is 0 Å². The molecule has 0 aromatic heterocycles. The molecule has 98 heavy (non-hydrogen) atoms. The van der Waals surface area contributed by atoms with E-state index in [1.165, 1.54) is 0 Å². The molecule has 11 fully saturated rings. The Morgan fingerprint density at radius 1 is 0.429 bits per heavy atom. The zero-order chi connectivity index (χ0) is 71.1. The highest BCUT2D eigenvalue weighted by Gasteiger charge is 2.69. The summed E-state index contributed by atoms with van der Waals surface area (Å²) in [5.74, 6) is -0.883. The van der Waals surface area contributed by atoms with Gasteiger partial charge in [0.15, 0.2) is 43.5 Å². The van der Waals surface area contributed by atoms with Crippen LogP contribution in [0.5, 0.6) is 0 Å². The van der Waals surface area contributed by atoms with Gasteiger partial charge in [0.05, 0.1) is 64.6 Å². The molecule has 0 radical (unpaired) electrons. The van der Waals surface area contributed by atoms with E-state index in [0.29, 0.717) is 25.7 Å². The van der Waals surface area contributed by atoms with Gasteiger partial charge < -0.3 is 174 Å². The van der Waals surface area contributed by atoms with Crippen molar-refractivity contribution in [2.75, 3.05) is 46.2 Å². The smallest absolute Gasteiger partial charge is 0.187 e. The van der Waals surface area contributed by atoms with Crippen LogP contribution in [0.4, 0.5) is 0 Å². The summed E-state index contributed by atoms with van der Waals surface area (Å²) in [6.07, 6.45) is -52.2. The molecule has 35 nitrogen and oxygen atoms in total. The number of ether oxygens (including phenoxy) is 13. The van der Waals surface area contributed by atoms with E-state index in [0.717, 1.165) is 32.1 Å². The Bertz CT molecular complexity index is 2550. The van der Waals surface area contributed by atoms with Crippen LogP contribution in [-0.2, 0) is 61.6 Å². The third-order valence-electron chi connectivity index (χ3n) is 24.4. The van der Waals surface area contributed by atoms with E-state index in [2.05, 4.69) is 20.8 Å². The molecule has 0 amide bonds. The van der Waals surface area contributed by atoms with Crippen LogP contribution in [0.15, 0.2) is 0 Å². The number of fused-ring (bicyclic) bond motifs is 7. The number of aliphatic hydroxyl groups is 22. The van der Waals surface area contributed by atoms with Gasteiger partial charge in [-0.3, -0.25) is 0 Å². The van der Waals surface area contributed by atoms with Crippen molar-refractivity contribution >= 4 is 0 Å². The topological polar surface area (TPSA) is 565 Å². The van der Waals surface area contributed by atoms with Crippen molar-refractivity contribution in [2.24, 2.45) is 52.3 Å². The predicted octanol–water partition coefficient (Wildman–Crippen LogP) is -9.34. The standard InChI is InChI=1S/C63H106O35/c1-21(20-86-55-46(80)42(76)37(71)30(14-64)88-55)7-10-63(85)22(2)36-29(98-63)12-26-24-6-5-23-11-28(27(70)13-62(23,4)25(24)8-9-61(26,36)3)87-59-50(84)52(40(74)33(17-67)91-59)95-58-49(83)45(79)51(35(19-69)93-58)94-60-54(97-57-48(82)44(78)39(73)32(16-66)90-57)53(41(75)34(18-68)92-60)96-56-47(81)43(77)38(72)31(15-65)89-56/h21-60,64-85H,5-20H2,1-4H3/t21-,22+,23-,24+,25-,26-,27+,28+,29+,30+,31+,32+,33+,34+,35+,36+,37+,38+,39+,40+,41+,42-,43-,44-,45+,46+,47+,48+,49+,50+,51+,52-,53-,54+,55+,56-,57-,58-,59+,60-,61+,62+,63+/m1/s1. The van der Waals surface area contributed by atoms with Crippen molar-refractivity contribution in [2.45, 2.75) is 294 Å². The molecule has 22 N–H and O–H groups in total. The summed E-state index contributed by atoms with van der Waals surface area (Å²) in [5, 5.41) is 240. The van der Waals surface area contributed by atoms with Crippen molar-refractivity contribution < 1.29 is 174 Å². The molecule has 4 saturated carbocycles. The summed E-state index contributed by atoms with van der Waals surface area (Å²) in [4.78, 5) is 0. The van der Waals surface area contributed by atoms with Gasteiger partial charge in [-0.1, -0.05) is 27.7 Å². The second-order valence-electron chi connectivity index (χ2n) is 30.0. The average Bonchev–Trinajstić information content (AvgIpc) is 1.50. The Hall–Kier alpha value is -1.40. The lowest BCUT2D eigenvalue weighted by molar-refractivity contribution is -0.409. The van der Waals surface area contributed by atoms with E-state index < -0.39 is 242 Å². The van der Waals surface area contributed by atoms with E-state index in [9.17, 15) is 112 Å². The van der Waals surface area contributed by atoms with Gasteiger partial charge >= 0.3 is 0 Å². The van der Waals surface area contributed by atoms with Crippen LogP contribution >= 0.6 is 0 Å². The zero-order valence-electron chi connectivity index (χ0n) is 55.1. The predicted molar refractivity (Wildman–Crippen MR) is 318 cm³/mol. The molecule has 0 aromatic rings. The molecular formula is C63H106O35. The maximum atomic E-state index is 12.2. The Morgan fingerprint density at radius 3 is 1.43 bits per heavy atom. The monoisotopic (exact) mass is 1420 g/mol. The minimum Gasteiger partial charge on any atom is -0.394 e. The molecule has 7 saturated heterocycles. The van der Waals surface area contributed by atoms with Crippen LogP contribution in [0.2, 0.25) is 0 Å². The van der Waals surface area contributed by atoms with E-state index >= 15 is 0 Å². The Morgan fingerprint density at radius 2 is 0.878 bits per heavy atom. The number of aliphatic hydroxyl groups excluding tert-OH is 21. The van der Waals surface area contributed by atoms with E-state index in [1.54, 1.807) is 0 Å². The summed E-state index contributed by atoms with van der Waals surface area (Å²) in [7, 11) is 0. The minimum absolute atomic E-state index is 0.0354. The molecule has 7 aliphatic heterocycles. The Kier molecular flexibility index (Phi) is 24.7. The zero-order valence-corrected chi connectivity index (χ0v) is 55.1. The van der Waals surface area contributed by atoms with E-state index in [1.807, 2.05) is 6.92 Å². The van der Waals surface area contributed by atoms with Crippen LogP contribution in [0.25, 0.3) is 0 Å². The molecule has 0 unspecified atom stereocenters. The highest BCUT2D eigenvalue weighted by Crippen LogP contribution is 2.71. The van der Waals surface area contributed by atoms with Crippen molar-refractivity contribution in [1.29, 1.82) is 0 Å². The van der Waals surface area contributed by atoms with Crippen LogP contribution in [0, 0.1) is 52.3 Å². The van der Waals surface area contributed by atoms with Gasteiger partial charge in [-0.05, 0) is 97.7 Å². The Balaban J connectivity index is 0.725. The first-order valence-electron chi connectivity index (χ1n) is 34.5. The summed E-state index contributed by atoms with van der Waals surface area (Å²) in [5.41, 5.74) is -0.509. The summed E-state index contributed by atoms with van der Waals surface area (Å²) in [6, 6.07) is 0. The lowest BCUT2D eigenvalue weighted by atomic mass is 9.44. The minimum atomic E-state index is -2.23. The average molecular weight is 1420 g/mol. The molecule has 568 valence electrons. The lowest BCUT2D eigenvalue weighted by Crippen LogP contribution is -2.69. The molecular weight excluding hydrogens is 1320 g/mol. The summed E-state index contributed by atoms with van der Waals surface area (Å²) >= 11 is 0. The van der Waals surface area contributed by atoms with Crippen LogP contribution in [0.3, 0.4) is 0 Å². The maximum Gasteiger partial charge on any atom is 0.187 e. The highest BCUT2D eigenvalue weighted by atomic mass is 16.8. The molecule has 7 heterocycles. The van der Waals surface area contributed by atoms with Gasteiger partial charge in [0.2, 0.25) is 0 Å².